The number of benzene rings is 1. The lowest BCUT2D eigenvalue weighted by Gasteiger charge is -2.21. The first-order valence-electron chi connectivity index (χ1n) is 8.44. The average Bonchev–Trinajstić information content (AvgIpc) is 3.28. The highest BCUT2D eigenvalue weighted by Gasteiger charge is 2.19. The van der Waals surface area contributed by atoms with E-state index in [0.717, 1.165) is 20.5 Å². The van der Waals surface area contributed by atoms with Crippen LogP contribution < -0.4 is 10.5 Å². The van der Waals surface area contributed by atoms with Gasteiger partial charge in [0.2, 0.25) is 0 Å². The van der Waals surface area contributed by atoms with E-state index in [2.05, 4.69) is 4.98 Å². The Balaban J connectivity index is 1.64. The fourth-order valence-electron chi connectivity index (χ4n) is 2.79. The van der Waals surface area contributed by atoms with Crippen molar-refractivity contribution in [2.75, 3.05) is 6.61 Å². The van der Waals surface area contributed by atoms with Gasteiger partial charge in [-0.25, -0.2) is 4.98 Å². The Labute approximate surface area is 166 Å². The van der Waals surface area contributed by atoms with E-state index >= 15 is 0 Å². The number of aromatic nitrogens is 2. The van der Waals surface area contributed by atoms with Crippen LogP contribution in [0.2, 0.25) is 4.34 Å². The van der Waals surface area contributed by atoms with Crippen LogP contribution >= 0.6 is 22.9 Å². The van der Waals surface area contributed by atoms with Gasteiger partial charge < -0.3 is 20.1 Å². The number of carbonyl (C=O) groups is 1. The monoisotopic (exact) mass is 405 g/mol. The predicted octanol–water partition coefficient (Wildman–Crippen LogP) is 3.75. The molecule has 2 aromatic heterocycles. The lowest BCUT2D eigenvalue weighted by atomic mass is 10.1. The van der Waals surface area contributed by atoms with E-state index in [1.54, 1.807) is 17.7 Å². The van der Waals surface area contributed by atoms with Crippen LogP contribution in [0, 0.1) is 0 Å². The molecule has 2 atom stereocenters. The second kappa shape index (κ2) is 8.56. The minimum Gasteiger partial charge on any atom is -0.493 e. The summed E-state index contributed by atoms with van der Waals surface area (Å²) in [6, 6.07) is 11.4. The van der Waals surface area contributed by atoms with E-state index in [0.29, 0.717) is 13.0 Å². The highest BCUT2D eigenvalue weighted by atomic mass is 35.5. The van der Waals surface area contributed by atoms with E-state index in [-0.39, 0.29) is 11.7 Å². The predicted molar refractivity (Wildman–Crippen MR) is 106 cm³/mol. The number of nitrogens with zero attached hydrogens (tertiary/aromatic N) is 2. The lowest BCUT2D eigenvalue weighted by molar-refractivity contribution is 0.0993. The molecule has 0 radical (unpaired) electrons. The molecule has 0 saturated heterocycles. The molecule has 0 unspecified atom stereocenters. The third kappa shape index (κ3) is 4.88. The van der Waals surface area contributed by atoms with Gasteiger partial charge in [0, 0.05) is 17.5 Å². The molecule has 0 aliphatic heterocycles. The number of halogens is 1. The summed E-state index contributed by atoms with van der Waals surface area (Å²) in [4.78, 5) is 16.2. The normalized spacial score (nSPS) is 13.3. The Bertz CT molecular complexity index is 922. The number of hydrogen-bond donors (Lipinski definition) is 2. The molecular formula is C19H20ClN3O3S. The van der Waals surface area contributed by atoms with Crippen molar-refractivity contribution in [3.63, 3.8) is 0 Å². The van der Waals surface area contributed by atoms with Gasteiger partial charge >= 0.3 is 0 Å². The summed E-state index contributed by atoms with van der Waals surface area (Å²) >= 11 is 7.52. The maximum absolute atomic E-state index is 11.2. The van der Waals surface area contributed by atoms with Gasteiger partial charge in [0.15, 0.2) is 0 Å². The van der Waals surface area contributed by atoms with Crippen LogP contribution in [0.15, 0.2) is 48.9 Å². The summed E-state index contributed by atoms with van der Waals surface area (Å²) < 4.78 is 8.30. The molecule has 6 nitrogen and oxygen atoms in total. The number of aliphatic hydroxyl groups excluding tert-OH is 1. The van der Waals surface area contributed by atoms with Gasteiger partial charge in [-0.3, -0.25) is 4.79 Å². The first-order chi connectivity index (χ1) is 12.9. The van der Waals surface area contributed by atoms with Crippen LogP contribution in [-0.4, -0.2) is 33.3 Å². The molecule has 2 heterocycles. The first-order valence-corrected chi connectivity index (χ1v) is 9.63. The zero-order valence-electron chi connectivity index (χ0n) is 14.7. The number of primary amides is 1. The standard InChI is InChI=1S/C19H20ClN3O3S/c1-12(24)16(23-10-15(19(21)25)22-11-23)7-8-26-14-4-2-3-13(9-14)17-5-6-18(20)27-17/h2-6,9-12,16,24H,7-8H2,1H3,(H2,21,25)/t12-,16+/m0/s1. The van der Waals surface area contributed by atoms with Gasteiger partial charge in [0.25, 0.3) is 5.91 Å². The molecule has 27 heavy (non-hydrogen) atoms. The van der Waals surface area contributed by atoms with Crippen molar-refractivity contribution in [1.82, 2.24) is 9.55 Å². The van der Waals surface area contributed by atoms with Crippen molar-refractivity contribution in [3.05, 3.63) is 59.0 Å². The van der Waals surface area contributed by atoms with Crippen molar-refractivity contribution in [2.24, 2.45) is 5.73 Å². The topological polar surface area (TPSA) is 90.4 Å². The number of thiophene rings is 1. The highest BCUT2D eigenvalue weighted by Crippen LogP contribution is 2.32. The fraction of sp³-hybridized carbons (Fsp3) is 0.263. The Morgan fingerprint density at radius 2 is 2.22 bits per heavy atom. The van der Waals surface area contributed by atoms with Crippen molar-refractivity contribution < 1.29 is 14.6 Å². The minimum atomic E-state index is -0.636. The summed E-state index contributed by atoms with van der Waals surface area (Å²) in [5, 5.41) is 10.1. The number of imidazole rings is 1. The third-order valence-electron chi connectivity index (χ3n) is 4.17. The number of ether oxygens (including phenoxy) is 1. The summed E-state index contributed by atoms with van der Waals surface area (Å²) in [5.41, 5.74) is 6.44. The molecule has 0 bridgehead atoms. The highest BCUT2D eigenvalue weighted by molar-refractivity contribution is 7.19. The SMILES string of the molecule is C[C@H](O)[C@@H](CCOc1cccc(-c2ccc(Cl)s2)c1)n1cnc(C(N)=O)c1. The lowest BCUT2D eigenvalue weighted by Crippen LogP contribution is -2.23. The largest absolute Gasteiger partial charge is 0.493 e. The molecule has 0 aliphatic rings. The molecule has 0 saturated carbocycles. The van der Waals surface area contributed by atoms with E-state index in [1.165, 1.54) is 17.7 Å². The molecule has 0 spiro atoms. The average molecular weight is 406 g/mol. The summed E-state index contributed by atoms with van der Waals surface area (Å²) in [7, 11) is 0. The summed E-state index contributed by atoms with van der Waals surface area (Å²) in [5.74, 6) is 0.143. The molecule has 0 fully saturated rings. The van der Waals surface area contributed by atoms with E-state index in [1.807, 2.05) is 36.4 Å². The number of carbonyl (C=O) groups excluding carboxylic acids is 1. The van der Waals surface area contributed by atoms with E-state index in [4.69, 9.17) is 22.1 Å². The van der Waals surface area contributed by atoms with Crippen molar-refractivity contribution in [3.8, 4) is 16.2 Å². The molecule has 3 aromatic rings. The Hall–Kier alpha value is -2.35. The van der Waals surface area contributed by atoms with Gasteiger partial charge in [-0.2, -0.15) is 0 Å². The van der Waals surface area contributed by atoms with Crippen LogP contribution in [0.5, 0.6) is 5.75 Å². The summed E-state index contributed by atoms with van der Waals surface area (Å²) in [6.45, 7) is 2.09. The zero-order chi connectivity index (χ0) is 19.4. The van der Waals surface area contributed by atoms with Crippen LogP contribution in [-0.2, 0) is 0 Å². The maximum atomic E-state index is 11.2. The molecule has 1 aromatic carbocycles. The molecule has 1 amide bonds. The summed E-state index contributed by atoms with van der Waals surface area (Å²) in [6.07, 6.45) is 2.95. The van der Waals surface area contributed by atoms with Crippen LogP contribution in [0.1, 0.15) is 29.9 Å². The molecular weight excluding hydrogens is 386 g/mol. The van der Waals surface area contributed by atoms with Crippen molar-refractivity contribution in [1.29, 1.82) is 0 Å². The number of aliphatic hydroxyl groups is 1. The van der Waals surface area contributed by atoms with Gasteiger partial charge in [-0.1, -0.05) is 23.7 Å². The minimum absolute atomic E-state index is 0.170. The number of amides is 1. The quantitative estimate of drug-likeness (QED) is 0.597. The number of rotatable bonds is 8. The Morgan fingerprint density at radius 3 is 2.85 bits per heavy atom. The second-order valence-electron chi connectivity index (χ2n) is 6.15. The molecule has 3 rings (SSSR count). The molecule has 3 N–H and O–H groups in total. The molecule has 0 aliphatic carbocycles. The third-order valence-corrected chi connectivity index (χ3v) is 5.45. The fourth-order valence-corrected chi connectivity index (χ4v) is 3.83. The van der Waals surface area contributed by atoms with Crippen molar-refractivity contribution >= 4 is 28.8 Å². The Kier molecular flexibility index (Phi) is 6.15. The van der Waals surface area contributed by atoms with E-state index < -0.39 is 12.0 Å². The van der Waals surface area contributed by atoms with E-state index in [9.17, 15) is 9.90 Å². The Morgan fingerprint density at radius 1 is 1.41 bits per heavy atom. The van der Waals surface area contributed by atoms with Gasteiger partial charge in [-0.15, -0.1) is 11.3 Å². The first kappa shape index (κ1) is 19.4. The zero-order valence-corrected chi connectivity index (χ0v) is 16.3. The van der Waals surface area contributed by atoms with Crippen LogP contribution in [0.4, 0.5) is 0 Å². The molecule has 8 heteroatoms. The smallest absolute Gasteiger partial charge is 0.268 e. The van der Waals surface area contributed by atoms with Crippen LogP contribution in [0.3, 0.4) is 0 Å². The maximum Gasteiger partial charge on any atom is 0.268 e. The van der Waals surface area contributed by atoms with Gasteiger partial charge in [0.1, 0.15) is 11.4 Å². The second-order valence-corrected chi connectivity index (χ2v) is 7.86. The van der Waals surface area contributed by atoms with Crippen LogP contribution in [0.25, 0.3) is 10.4 Å². The molecule has 142 valence electrons. The number of nitrogens with two attached hydrogens (primary N) is 1. The van der Waals surface area contributed by atoms with Gasteiger partial charge in [-0.05, 0) is 36.8 Å². The van der Waals surface area contributed by atoms with Crippen molar-refractivity contribution in [2.45, 2.75) is 25.5 Å². The van der Waals surface area contributed by atoms with Gasteiger partial charge in [0.05, 0.1) is 29.4 Å². The number of hydrogen-bond acceptors (Lipinski definition) is 5.